The molecule has 2 aromatic carbocycles. The molecule has 108 valence electrons. The van der Waals surface area contributed by atoms with Crippen molar-refractivity contribution in [1.82, 2.24) is 4.72 Å². The summed E-state index contributed by atoms with van der Waals surface area (Å²) in [5.41, 5.74) is 1.04. The van der Waals surface area contributed by atoms with Crippen LogP contribution < -0.4 is 4.72 Å². The summed E-state index contributed by atoms with van der Waals surface area (Å²) < 4.78 is 40.4. The molecule has 0 aromatic heterocycles. The van der Waals surface area contributed by atoms with Crippen LogP contribution in [0.3, 0.4) is 0 Å². The average Bonchev–Trinajstić information content (AvgIpc) is 2.47. The third-order valence-corrected chi connectivity index (χ3v) is 4.56. The number of hydrogen-bond donors (Lipinski definition) is 1. The standard InChI is InChI=1S/C15H13FN2O2S/c1-11-6-7-12(9-17)8-15(11)21(19,20)18-10-13-4-2-3-5-14(13)16/h2-8,18H,10H2,1H3. The smallest absolute Gasteiger partial charge is 0.207 e. The lowest BCUT2D eigenvalue weighted by Gasteiger charge is -2.10. The van der Waals surface area contributed by atoms with Crippen LogP contribution in [-0.4, -0.2) is 8.42 Å². The fourth-order valence-electron chi connectivity index (χ4n) is 1.85. The van der Waals surface area contributed by atoms with Crippen molar-refractivity contribution in [3.8, 4) is 6.07 Å². The lowest BCUT2D eigenvalue weighted by Crippen LogP contribution is -2.24. The van der Waals surface area contributed by atoms with Gasteiger partial charge in [-0.2, -0.15) is 5.26 Å². The van der Waals surface area contributed by atoms with Crippen molar-refractivity contribution in [3.05, 3.63) is 65.0 Å². The Hall–Kier alpha value is -2.23. The fraction of sp³-hybridized carbons (Fsp3) is 0.133. The van der Waals surface area contributed by atoms with Crippen LogP contribution in [-0.2, 0) is 16.6 Å². The number of nitriles is 1. The second-order valence-electron chi connectivity index (χ2n) is 4.51. The number of hydrogen-bond acceptors (Lipinski definition) is 3. The molecule has 0 atom stereocenters. The molecule has 0 bridgehead atoms. The molecule has 2 rings (SSSR count). The first-order valence-corrected chi connectivity index (χ1v) is 7.66. The maximum Gasteiger partial charge on any atom is 0.241 e. The Morgan fingerprint density at radius 3 is 2.62 bits per heavy atom. The minimum absolute atomic E-state index is 0.0258. The van der Waals surface area contributed by atoms with Crippen molar-refractivity contribution in [3.63, 3.8) is 0 Å². The Bertz CT molecular complexity index is 811. The molecule has 0 aliphatic rings. The van der Waals surface area contributed by atoms with Crippen LogP contribution in [0.2, 0.25) is 0 Å². The molecule has 2 aromatic rings. The highest BCUT2D eigenvalue weighted by molar-refractivity contribution is 7.89. The van der Waals surface area contributed by atoms with Crippen LogP contribution >= 0.6 is 0 Å². The molecule has 0 saturated carbocycles. The molecule has 1 N–H and O–H groups in total. The van der Waals surface area contributed by atoms with Gasteiger partial charge in [0.15, 0.2) is 0 Å². The Labute approximate surface area is 122 Å². The van der Waals surface area contributed by atoms with E-state index in [1.807, 2.05) is 6.07 Å². The number of rotatable bonds is 4. The Morgan fingerprint density at radius 2 is 1.95 bits per heavy atom. The Kier molecular flexibility index (Phi) is 4.36. The minimum atomic E-state index is -3.81. The molecule has 6 heteroatoms. The number of nitrogens with zero attached hydrogens (tertiary/aromatic N) is 1. The summed E-state index contributed by atoms with van der Waals surface area (Å²) in [5.74, 6) is -0.470. The Balaban J connectivity index is 2.28. The van der Waals surface area contributed by atoms with Crippen molar-refractivity contribution in [2.45, 2.75) is 18.4 Å². The van der Waals surface area contributed by atoms with Crippen LogP contribution in [0.5, 0.6) is 0 Å². The molecule has 0 unspecified atom stereocenters. The topological polar surface area (TPSA) is 70.0 Å². The van der Waals surface area contributed by atoms with E-state index in [1.165, 1.54) is 24.3 Å². The van der Waals surface area contributed by atoms with Crippen LogP contribution in [0.1, 0.15) is 16.7 Å². The maximum absolute atomic E-state index is 13.5. The SMILES string of the molecule is Cc1ccc(C#N)cc1S(=O)(=O)NCc1ccccc1F. The number of aryl methyl sites for hydroxylation is 1. The van der Waals surface area contributed by atoms with Gasteiger partial charge in [-0.15, -0.1) is 0 Å². The molecule has 0 aliphatic heterocycles. The first kappa shape index (κ1) is 15.2. The molecule has 0 radical (unpaired) electrons. The zero-order chi connectivity index (χ0) is 15.5. The molecule has 0 saturated heterocycles. The second-order valence-corrected chi connectivity index (χ2v) is 6.24. The number of sulfonamides is 1. The van der Waals surface area contributed by atoms with Gasteiger partial charge in [-0.25, -0.2) is 17.5 Å². The molecule has 0 fully saturated rings. The number of benzene rings is 2. The summed E-state index contributed by atoms with van der Waals surface area (Å²) in [4.78, 5) is 0.0258. The molecule has 0 amide bonds. The molecule has 0 aliphatic carbocycles. The predicted octanol–water partition coefficient (Wildman–Crippen LogP) is 2.48. The molecule has 21 heavy (non-hydrogen) atoms. The van der Waals surface area contributed by atoms with E-state index < -0.39 is 15.8 Å². The summed E-state index contributed by atoms with van der Waals surface area (Å²) >= 11 is 0. The van der Waals surface area contributed by atoms with E-state index in [4.69, 9.17) is 5.26 Å². The summed E-state index contributed by atoms with van der Waals surface area (Å²) in [5, 5.41) is 8.85. The quantitative estimate of drug-likeness (QED) is 0.943. The summed E-state index contributed by atoms with van der Waals surface area (Å²) in [6, 6.07) is 12.3. The summed E-state index contributed by atoms with van der Waals surface area (Å²) in [6.45, 7) is 1.49. The van der Waals surface area contributed by atoms with Gasteiger partial charge in [0.2, 0.25) is 10.0 Å². The average molecular weight is 304 g/mol. The molecular formula is C15H13FN2O2S. The van der Waals surface area contributed by atoms with Crippen LogP contribution in [0.25, 0.3) is 0 Å². The van der Waals surface area contributed by atoms with Gasteiger partial charge in [-0.3, -0.25) is 0 Å². The third-order valence-electron chi connectivity index (χ3n) is 3.02. The lowest BCUT2D eigenvalue weighted by molar-refractivity contribution is 0.574. The largest absolute Gasteiger partial charge is 0.241 e. The Morgan fingerprint density at radius 1 is 1.24 bits per heavy atom. The zero-order valence-electron chi connectivity index (χ0n) is 11.3. The highest BCUT2D eigenvalue weighted by Crippen LogP contribution is 2.17. The third kappa shape index (κ3) is 3.45. The van der Waals surface area contributed by atoms with Gasteiger partial charge in [0.1, 0.15) is 5.82 Å². The van der Waals surface area contributed by atoms with Gasteiger partial charge in [-0.1, -0.05) is 24.3 Å². The van der Waals surface area contributed by atoms with Gasteiger partial charge in [0.25, 0.3) is 0 Å². The summed E-state index contributed by atoms with van der Waals surface area (Å²) in [7, 11) is -3.81. The van der Waals surface area contributed by atoms with Crippen LogP contribution in [0, 0.1) is 24.1 Å². The minimum Gasteiger partial charge on any atom is -0.207 e. The summed E-state index contributed by atoms with van der Waals surface area (Å²) in [6.07, 6.45) is 0. The highest BCUT2D eigenvalue weighted by atomic mass is 32.2. The molecule has 0 spiro atoms. The number of nitrogens with one attached hydrogen (secondary N) is 1. The van der Waals surface area contributed by atoms with Gasteiger partial charge < -0.3 is 0 Å². The van der Waals surface area contributed by atoms with Crippen molar-refractivity contribution in [1.29, 1.82) is 5.26 Å². The van der Waals surface area contributed by atoms with Crippen molar-refractivity contribution < 1.29 is 12.8 Å². The van der Waals surface area contributed by atoms with Crippen molar-refractivity contribution >= 4 is 10.0 Å². The lowest BCUT2D eigenvalue weighted by atomic mass is 10.2. The van der Waals surface area contributed by atoms with E-state index >= 15 is 0 Å². The van der Waals surface area contributed by atoms with Crippen molar-refractivity contribution in [2.75, 3.05) is 0 Å². The monoisotopic (exact) mass is 304 g/mol. The van der Waals surface area contributed by atoms with E-state index in [1.54, 1.807) is 25.1 Å². The molecular weight excluding hydrogens is 291 g/mol. The molecule has 4 nitrogen and oxygen atoms in total. The fourth-order valence-corrected chi connectivity index (χ4v) is 3.13. The van der Waals surface area contributed by atoms with Gasteiger partial charge >= 0.3 is 0 Å². The van der Waals surface area contributed by atoms with E-state index in [2.05, 4.69) is 4.72 Å². The van der Waals surface area contributed by atoms with E-state index in [0.29, 0.717) is 5.56 Å². The first-order chi connectivity index (χ1) is 9.94. The van der Waals surface area contributed by atoms with Crippen LogP contribution in [0.15, 0.2) is 47.4 Å². The predicted molar refractivity (Wildman–Crippen MR) is 76.3 cm³/mol. The van der Waals surface area contributed by atoms with Gasteiger partial charge in [-0.05, 0) is 30.7 Å². The molecule has 0 heterocycles. The van der Waals surface area contributed by atoms with Crippen LogP contribution in [0.4, 0.5) is 4.39 Å². The highest BCUT2D eigenvalue weighted by Gasteiger charge is 2.17. The second kappa shape index (κ2) is 6.04. The first-order valence-electron chi connectivity index (χ1n) is 6.18. The number of halogens is 1. The van der Waals surface area contributed by atoms with E-state index in [9.17, 15) is 12.8 Å². The zero-order valence-corrected chi connectivity index (χ0v) is 12.1. The van der Waals surface area contributed by atoms with E-state index in [0.717, 1.165) is 0 Å². The normalized spacial score (nSPS) is 11.1. The maximum atomic E-state index is 13.5. The van der Waals surface area contributed by atoms with Gasteiger partial charge in [0, 0.05) is 12.1 Å². The van der Waals surface area contributed by atoms with Crippen molar-refractivity contribution in [2.24, 2.45) is 0 Å². The van der Waals surface area contributed by atoms with Gasteiger partial charge in [0.05, 0.1) is 16.5 Å². The van der Waals surface area contributed by atoms with E-state index in [-0.39, 0.29) is 22.6 Å².